The molecule has 1 aromatic rings. The Kier molecular flexibility index (Phi) is 10.4. The van der Waals surface area contributed by atoms with Crippen LogP contribution >= 0.6 is 0 Å². The number of nitrogens with one attached hydrogen (secondary N) is 3. The first kappa shape index (κ1) is 22.9. The van der Waals surface area contributed by atoms with Crippen molar-refractivity contribution in [2.45, 2.75) is 59.5 Å². The van der Waals surface area contributed by atoms with Gasteiger partial charge in [0.15, 0.2) is 5.96 Å². The molecule has 1 rings (SSSR count). The van der Waals surface area contributed by atoms with Crippen molar-refractivity contribution in [1.82, 2.24) is 30.7 Å². The van der Waals surface area contributed by atoms with Crippen molar-refractivity contribution in [1.29, 1.82) is 0 Å². The highest BCUT2D eigenvalue weighted by Gasteiger charge is 2.13. The van der Waals surface area contributed by atoms with Crippen molar-refractivity contribution in [2.24, 2.45) is 4.99 Å². The lowest BCUT2D eigenvalue weighted by molar-refractivity contribution is -0.121. The van der Waals surface area contributed by atoms with E-state index in [-0.39, 0.29) is 18.0 Å². The minimum Gasteiger partial charge on any atom is -0.382 e. The fourth-order valence-corrected chi connectivity index (χ4v) is 2.34. The Morgan fingerprint density at radius 1 is 1.26 bits per heavy atom. The minimum absolute atomic E-state index is 0.0743. The van der Waals surface area contributed by atoms with Crippen LogP contribution in [0.2, 0.25) is 0 Å². The summed E-state index contributed by atoms with van der Waals surface area (Å²) in [4.78, 5) is 16.4. The van der Waals surface area contributed by atoms with Gasteiger partial charge in [-0.2, -0.15) is 0 Å². The number of nitrogens with zero attached hydrogens (tertiary/aromatic N) is 4. The first-order valence-corrected chi connectivity index (χ1v) is 9.63. The molecule has 0 aliphatic carbocycles. The van der Waals surface area contributed by atoms with Crippen molar-refractivity contribution >= 4 is 11.9 Å². The normalized spacial score (nSPS) is 12.1. The van der Waals surface area contributed by atoms with Crippen LogP contribution in [0.25, 0.3) is 0 Å². The molecule has 0 aromatic carbocycles. The van der Waals surface area contributed by atoms with Gasteiger partial charge < -0.3 is 25.3 Å². The molecule has 0 spiro atoms. The monoisotopic (exact) mass is 381 g/mol. The quantitative estimate of drug-likeness (QED) is 0.296. The van der Waals surface area contributed by atoms with E-state index in [1.807, 2.05) is 32.3 Å². The number of ether oxygens (including phenoxy) is 1. The zero-order chi connectivity index (χ0) is 20.1. The average Bonchev–Trinajstić information content (AvgIpc) is 3.04. The fraction of sp³-hybridized carbons (Fsp3) is 0.778. The molecule has 9 heteroatoms. The molecule has 1 amide bonds. The number of guanidine groups is 1. The zero-order valence-corrected chi connectivity index (χ0v) is 17.3. The molecule has 0 atom stereocenters. The van der Waals surface area contributed by atoms with E-state index in [0.717, 1.165) is 31.8 Å². The Labute approximate surface area is 162 Å². The first-order valence-electron chi connectivity index (χ1n) is 9.63. The van der Waals surface area contributed by atoms with Gasteiger partial charge in [0.1, 0.15) is 18.7 Å². The van der Waals surface area contributed by atoms with E-state index in [0.29, 0.717) is 25.7 Å². The maximum absolute atomic E-state index is 12.0. The van der Waals surface area contributed by atoms with Gasteiger partial charge in [-0.15, -0.1) is 10.2 Å². The Morgan fingerprint density at radius 3 is 2.67 bits per heavy atom. The summed E-state index contributed by atoms with van der Waals surface area (Å²) >= 11 is 0. The predicted molar refractivity (Wildman–Crippen MR) is 107 cm³/mol. The Bertz CT molecular complexity index is 579. The van der Waals surface area contributed by atoms with Gasteiger partial charge in [-0.3, -0.25) is 4.79 Å². The largest absolute Gasteiger partial charge is 0.382 e. The van der Waals surface area contributed by atoms with Gasteiger partial charge in [0, 0.05) is 44.8 Å². The molecular formula is C18H35N7O2. The molecule has 154 valence electrons. The predicted octanol–water partition coefficient (Wildman–Crippen LogP) is 0.717. The maximum Gasteiger partial charge on any atom is 0.242 e. The lowest BCUT2D eigenvalue weighted by atomic mass is 10.1. The highest BCUT2D eigenvalue weighted by Crippen LogP contribution is 1.98. The molecule has 0 saturated carbocycles. The van der Waals surface area contributed by atoms with Crippen LogP contribution < -0.4 is 16.0 Å². The summed E-state index contributed by atoms with van der Waals surface area (Å²) in [5, 5.41) is 17.4. The van der Waals surface area contributed by atoms with E-state index >= 15 is 0 Å². The molecule has 0 aliphatic heterocycles. The molecule has 0 saturated heterocycles. The standard InChI is InChI=1S/C18H35N7O2/c1-6-15-24-22-14-25(15)11-10-20-17(19-9-8-12-27-7-2)21-13-16(26)23-18(3,4)5/h14H,6-13H2,1-5H3,(H,23,26)(H2,19,20,21). The van der Waals surface area contributed by atoms with Crippen LogP contribution in [0.4, 0.5) is 0 Å². The topological polar surface area (TPSA) is 105 Å². The minimum atomic E-state index is -0.268. The smallest absolute Gasteiger partial charge is 0.242 e. The summed E-state index contributed by atoms with van der Waals surface area (Å²) in [6.45, 7) is 13.5. The maximum atomic E-state index is 12.0. The van der Waals surface area contributed by atoms with E-state index in [9.17, 15) is 4.79 Å². The van der Waals surface area contributed by atoms with Gasteiger partial charge in [0.2, 0.25) is 5.91 Å². The molecule has 0 radical (unpaired) electrons. The molecule has 1 heterocycles. The lowest BCUT2D eigenvalue weighted by Gasteiger charge is -2.20. The third-order valence-corrected chi connectivity index (χ3v) is 3.51. The summed E-state index contributed by atoms with van der Waals surface area (Å²) < 4.78 is 7.35. The van der Waals surface area contributed by atoms with Gasteiger partial charge in [0.25, 0.3) is 0 Å². The van der Waals surface area contributed by atoms with Crippen molar-refractivity contribution < 1.29 is 9.53 Å². The molecule has 9 nitrogen and oxygen atoms in total. The number of rotatable bonds is 11. The second kappa shape index (κ2) is 12.3. The van der Waals surface area contributed by atoms with Crippen LogP contribution in [0.15, 0.2) is 11.3 Å². The summed E-state index contributed by atoms with van der Waals surface area (Å²) in [5.41, 5.74) is -0.268. The molecule has 3 N–H and O–H groups in total. The van der Waals surface area contributed by atoms with Crippen LogP contribution in [-0.2, 0) is 22.5 Å². The molecule has 27 heavy (non-hydrogen) atoms. The van der Waals surface area contributed by atoms with E-state index in [4.69, 9.17) is 4.74 Å². The van der Waals surface area contributed by atoms with Gasteiger partial charge in [-0.1, -0.05) is 6.92 Å². The van der Waals surface area contributed by atoms with Gasteiger partial charge in [-0.05, 0) is 34.1 Å². The number of hydrogen-bond acceptors (Lipinski definition) is 5. The molecule has 0 fully saturated rings. The summed E-state index contributed by atoms with van der Waals surface area (Å²) in [7, 11) is 0. The van der Waals surface area contributed by atoms with Crippen molar-refractivity contribution in [2.75, 3.05) is 32.8 Å². The number of hydrogen-bond donors (Lipinski definition) is 3. The zero-order valence-electron chi connectivity index (χ0n) is 17.3. The summed E-state index contributed by atoms with van der Waals surface area (Å²) in [6.07, 6.45) is 3.43. The molecule has 0 bridgehead atoms. The van der Waals surface area contributed by atoms with Gasteiger partial charge in [-0.25, -0.2) is 4.99 Å². The number of carbonyl (C=O) groups is 1. The van der Waals surface area contributed by atoms with Crippen molar-refractivity contribution in [3.63, 3.8) is 0 Å². The number of amides is 1. The van der Waals surface area contributed by atoms with Gasteiger partial charge >= 0.3 is 0 Å². The van der Waals surface area contributed by atoms with Crippen molar-refractivity contribution in [3.05, 3.63) is 12.2 Å². The third kappa shape index (κ3) is 10.5. The molecular weight excluding hydrogens is 346 g/mol. The lowest BCUT2D eigenvalue weighted by Crippen LogP contribution is -2.43. The van der Waals surface area contributed by atoms with E-state index in [1.165, 1.54) is 0 Å². The van der Waals surface area contributed by atoms with Crippen LogP contribution in [-0.4, -0.2) is 65.0 Å². The second-order valence-corrected chi connectivity index (χ2v) is 7.16. The summed E-state index contributed by atoms with van der Waals surface area (Å²) in [6, 6.07) is 0. The molecule has 1 aromatic heterocycles. The second-order valence-electron chi connectivity index (χ2n) is 7.16. The average molecular weight is 382 g/mol. The van der Waals surface area contributed by atoms with Crippen LogP contribution in [0.3, 0.4) is 0 Å². The van der Waals surface area contributed by atoms with E-state index in [2.05, 4.69) is 38.1 Å². The number of aromatic nitrogens is 3. The van der Waals surface area contributed by atoms with Crippen LogP contribution in [0.5, 0.6) is 0 Å². The van der Waals surface area contributed by atoms with E-state index in [1.54, 1.807) is 6.33 Å². The highest BCUT2D eigenvalue weighted by molar-refractivity contribution is 5.85. The Balaban J connectivity index is 2.52. The van der Waals surface area contributed by atoms with E-state index < -0.39 is 0 Å². The number of aliphatic imine (C=N–C) groups is 1. The number of carbonyl (C=O) groups excluding carboxylic acids is 1. The van der Waals surface area contributed by atoms with Crippen LogP contribution in [0, 0.1) is 0 Å². The highest BCUT2D eigenvalue weighted by atomic mass is 16.5. The van der Waals surface area contributed by atoms with Crippen LogP contribution in [0.1, 0.15) is 46.9 Å². The van der Waals surface area contributed by atoms with Gasteiger partial charge in [0.05, 0.1) is 0 Å². The Hall–Kier alpha value is -2.16. The number of aryl methyl sites for hydroxylation is 1. The fourth-order valence-electron chi connectivity index (χ4n) is 2.34. The first-order chi connectivity index (χ1) is 12.9. The Morgan fingerprint density at radius 2 is 2.00 bits per heavy atom. The SMILES string of the molecule is CCOCCCNC(=NCC(=O)NC(C)(C)C)NCCn1cnnc1CC. The van der Waals surface area contributed by atoms with Crippen molar-refractivity contribution in [3.8, 4) is 0 Å². The molecule has 0 aliphatic rings. The molecule has 0 unspecified atom stereocenters. The summed E-state index contributed by atoms with van der Waals surface area (Å²) in [5.74, 6) is 1.45. The third-order valence-electron chi connectivity index (χ3n) is 3.51.